The molecule has 33 heavy (non-hydrogen) atoms. The number of carbonyl (C=O) groups excluding carboxylic acids is 1. The van der Waals surface area contributed by atoms with E-state index in [1.54, 1.807) is 5.57 Å². The molecule has 2 aliphatic carbocycles. The van der Waals surface area contributed by atoms with Gasteiger partial charge in [-0.2, -0.15) is 0 Å². The number of hydrogen-bond donors (Lipinski definition) is 2. The molecule has 1 saturated carbocycles. The molecule has 0 aliphatic heterocycles. The van der Waals surface area contributed by atoms with Crippen molar-refractivity contribution in [3.05, 3.63) is 71.8 Å². The summed E-state index contributed by atoms with van der Waals surface area (Å²) in [6.45, 7) is 0.463. The molecule has 174 valence electrons. The van der Waals surface area contributed by atoms with Gasteiger partial charge in [-0.05, 0) is 60.3 Å². The first kappa shape index (κ1) is 23.3. The SMILES string of the molecule is NC(=NCc1cccc2ccccc12)NC(=O)CCC1CCC(CCC2=CC=CCC2)CC1. The van der Waals surface area contributed by atoms with E-state index in [0.29, 0.717) is 18.9 Å². The molecule has 1 fully saturated rings. The first-order valence-electron chi connectivity index (χ1n) is 12.6. The number of nitrogens with zero attached hydrogens (tertiary/aromatic N) is 1. The standard InChI is InChI=1S/C29H37N3O/c30-29(31-21-26-11-6-10-25-9-4-5-12-27(25)26)32-28(33)20-19-24-17-15-23(16-18-24)14-13-22-7-2-1-3-8-22/h1-2,4-7,9-12,23-24H,3,8,13-21H2,(H3,30,31,32,33). The summed E-state index contributed by atoms with van der Waals surface area (Å²) in [5.74, 6) is 1.72. The van der Waals surface area contributed by atoms with Gasteiger partial charge in [-0.15, -0.1) is 0 Å². The number of allylic oxidation sites excluding steroid dienone is 4. The van der Waals surface area contributed by atoms with E-state index in [1.807, 2.05) is 18.2 Å². The molecule has 0 bridgehead atoms. The summed E-state index contributed by atoms with van der Waals surface area (Å²) in [6, 6.07) is 14.4. The molecule has 0 radical (unpaired) electrons. The quantitative estimate of drug-likeness (QED) is 0.365. The van der Waals surface area contributed by atoms with Crippen molar-refractivity contribution in [2.75, 3.05) is 0 Å². The van der Waals surface area contributed by atoms with Crippen molar-refractivity contribution >= 4 is 22.6 Å². The van der Waals surface area contributed by atoms with Crippen LogP contribution in [0.3, 0.4) is 0 Å². The van der Waals surface area contributed by atoms with Crippen molar-refractivity contribution in [3.8, 4) is 0 Å². The summed E-state index contributed by atoms with van der Waals surface area (Å²) in [4.78, 5) is 16.8. The Balaban J connectivity index is 1.15. The maximum atomic E-state index is 12.4. The maximum Gasteiger partial charge on any atom is 0.226 e. The average molecular weight is 444 g/mol. The van der Waals surface area contributed by atoms with Gasteiger partial charge in [0, 0.05) is 6.42 Å². The van der Waals surface area contributed by atoms with Gasteiger partial charge in [-0.3, -0.25) is 10.1 Å². The van der Waals surface area contributed by atoms with Crippen LogP contribution in [0.15, 0.2) is 71.3 Å². The summed E-state index contributed by atoms with van der Waals surface area (Å²) in [7, 11) is 0. The monoisotopic (exact) mass is 443 g/mol. The number of benzene rings is 2. The number of nitrogens with two attached hydrogens (primary N) is 1. The van der Waals surface area contributed by atoms with Crippen LogP contribution in [0, 0.1) is 11.8 Å². The van der Waals surface area contributed by atoms with Crippen LogP contribution in [0.5, 0.6) is 0 Å². The number of fused-ring (bicyclic) bond motifs is 1. The average Bonchev–Trinajstić information content (AvgIpc) is 2.86. The highest BCUT2D eigenvalue weighted by Gasteiger charge is 2.22. The predicted molar refractivity (Wildman–Crippen MR) is 138 cm³/mol. The molecule has 2 aromatic rings. The molecule has 2 aliphatic rings. The Kier molecular flexibility index (Phi) is 8.35. The highest BCUT2D eigenvalue weighted by molar-refractivity contribution is 5.96. The summed E-state index contributed by atoms with van der Waals surface area (Å²) in [5.41, 5.74) is 8.73. The number of hydrogen-bond acceptors (Lipinski definition) is 2. The second kappa shape index (κ2) is 11.8. The minimum atomic E-state index is -0.0198. The maximum absolute atomic E-state index is 12.4. The Morgan fingerprint density at radius 2 is 1.76 bits per heavy atom. The number of guanidine groups is 1. The van der Waals surface area contributed by atoms with Gasteiger partial charge in [0.2, 0.25) is 5.91 Å². The third kappa shape index (κ3) is 7.05. The zero-order valence-corrected chi connectivity index (χ0v) is 19.6. The molecule has 1 amide bonds. The third-order valence-corrected chi connectivity index (χ3v) is 7.29. The normalized spacial score (nSPS) is 21.1. The lowest BCUT2D eigenvalue weighted by Crippen LogP contribution is -2.37. The fourth-order valence-electron chi connectivity index (χ4n) is 5.24. The van der Waals surface area contributed by atoms with Gasteiger partial charge < -0.3 is 5.73 Å². The molecule has 0 aromatic heterocycles. The summed E-state index contributed by atoms with van der Waals surface area (Å²) >= 11 is 0. The largest absolute Gasteiger partial charge is 0.370 e. The molecular weight excluding hydrogens is 406 g/mol. The summed E-state index contributed by atoms with van der Waals surface area (Å²) in [5, 5.41) is 5.14. The molecule has 4 heteroatoms. The molecule has 4 nitrogen and oxygen atoms in total. The lowest BCUT2D eigenvalue weighted by Gasteiger charge is -2.28. The van der Waals surface area contributed by atoms with E-state index in [9.17, 15) is 4.79 Å². The third-order valence-electron chi connectivity index (χ3n) is 7.29. The van der Waals surface area contributed by atoms with Crippen LogP contribution in [0.1, 0.15) is 69.8 Å². The molecular formula is C29H37N3O. The van der Waals surface area contributed by atoms with E-state index in [4.69, 9.17) is 5.73 Å². The Labute approximate surface area is 198 Å². The van der Waals surface area contributed by atoms with Gasteiger partial charge in [0.05, 0.1) is 6.54 Å². The molecule has 0 heterocycles. The topological polar surface area (TPSA) is 67.5 Å². The Bertz CT molecular complexity index is 1020. The first-order chi connectivity index (χ1) is 16.2. The summed E-state index contributed by atoms with van der Waals surface area (Å²) in [6.07, 6.45) is 18.4. The molecule has 0 spiro atoms. The van der Waals surface area contributed by atoms with Gasteiger partial charge in [0.1, 0.15) is 0 Å². The number of nitrogens with one attached hydrogen (secondary N) is 1. The van der Waals surface area contributed by atoms with Crippen molar-refractivity contribution in [3.63, 3.8) is 0 Å². The van der Waals surface area contributed by atoms with Crippen molar-refractivity contribution in [1.82, 2.24) is 5.32 Å². The van der Waals surface area contributed by atoms with E-state index in [1.165, 1.54) is 62.1 Å². The summed E-state index contributed by atoms with van der Waals surface area (Å²) < 4.78 is 0. The van der Waals surface area contributed by atoms with E-state index in [-0.39, 0.29) is 11.9 Å². The van der Waals surface area contributed by atoms with Crippen LogP contribution in [0.25, 0.3) is 10.8 Å². The lowest BCUT2D eigenvalue weighted by molar-refractivity contribution is -0.120. The fraction of sp³-hybridized carbons (Fsp3) is 0.448. The van der Waals surface area contributed by atoms with Crippen molar-refractivity contribution in [1.29, 1.82) is 0 Å². The van der Waals surface area contributed by atoms with Gasteiger partial charge in [0.15, 0.2) is 5.96 Å². The highest BCUT2D eigenvalue weighted by atomic mass is 16.1. The number of aliphatic imine (C=N–C) groups is 1. The zero-order valence-electron chi connectivity index (χ0n) is 19.6. The Morgan fingerprint density at radius 3 is 2.55 bits per heavy atom. The number of rotatable bonds is 8. The van der Waals surface area contributed by atoms with E-state index in [0.717, 1.165) is 17.9 Å². The van der Waals surface area contributed by atoms with Crippen LogP contribution in [-0.2, 0) is 11.3 Å². The highest BCUT2D eigenvalue weighted by Crippen LogP contribution is 2.35. The predicted octanol–water partition coefficient (Wildman–Crippen LogP) is 6.41. The van der Waals surface area contributed by atoms with Crippen LogP contribution >= 0.6 is 0 Å². The van der Waals surface area contributed by atoms with Crippen LogP contribution in [0.2, 0.25) is 0 Å². The van der Waals surface area contributed by atoms with Crippen LogP contribution in [0.4, 0.5) is 0 Å². The zero-order chi connectivity index (χ0) is 22.9. The van der Waals surface area contributed by atoms with Gasteiger partial charge in [-0.1, -0.05) is 91.9 Å². The van der Waals surface area contributed by atoms with Crippen LogP contribution in [-0.4, -0.2) is 11.9 Å². The van der Waals surface area contributed by atoms with Gasteiger partial charge in [-0.25, -0.2) is 4.99 Å². The lowest BCUT2D eigenvalue weighted by atomic mass is 9.77. The molecule has 4 rings (SSSR count). The second-order valence-electron chi connectivity index (χ2n) is 9.64. The molecule has 2 aromatic carbocycles. The smallest absolute Gasteiger partial charge is 0.226 e. The Morgan fingerprint density at radius 1 is 1.00 bits per heavy atom. The molecule has 0 unspecified atom stereocenters. The Hall–Kier alpha value is -2.88. The second-order valence-corrected chi connectivity index (χ2v) is 9.64. The minimum Gasteiger partial charge on any atom is -0.370 e. The van der Waals surface area contributed by atoms with Gasteiger partial charge in [0.25, 0.3) is 0 Å². The van der Waals surface area contributed by atoms with Crippen molar-refractivity contribution in [2.24, 2.45) is 22.6 Å². The van der Waals surface area contributed by atoms with Gasteiger partial charge >= 0.3 is 0 Å². The van der Waals surface area contributed by atoms with E-state index < -0.39 is 0 Å². The van der Waals surface area contributed by atoms with Crippen molar-refractivity contribution in [2.45, 2.75) is 70.8 Å². The fourth-order valence-corrected chi connectivity index (χ4v) is 5.24. The minimum absolute atomic E-state index is 0.0198. The molecule has 0 atom stereocenters. The molecule has 0 saturated heterocycles. The first-order valence-corrected chi connectivity index (χ1v) is 12.6. The molecule has 3 N–H and O–H groups in total. The number of amides is 1. The number of carbonyl (C=O) groups is 1. The van der Waals surface area contributed by atoms with E-state index in [2.05, 4.69) is 52.8 Å². The van der Waals surface area contributed by atoms with E-state index >= 15 is 0 Å². The van der Waals surface area contributed by atoms with Crippen molar-refractivity contribution < 1.29 is 4.79 Å². The van der Waals surface area contributed by atoms with Crippen LogP contribution < -0.4 is 11.1 Å².